The summed E-state index contributed by atoms with van der Waals surface area (Å²) in [5.74, 6) is -1.39. The van der Waals surface area contributed by atoms with E-state index in [1.165, 1.54) is 18.3 Å². The number of hydrogen-bond donors (Lipinski definition) is 2. The first-order chi connectivity index (χ1) is 6.11. The standard InChI is InChI=1S/C8H9NO3S/c1-5(10)9-7(8(11)12)6-3-2-4-13-6/h2-4,7H,1H3,(H,9,10)(H,11,12). The van der Waals surface area contributed by atoms with Crippen LogP contribution in [0.25, 0.3) is 0 Å². The molecule has 0 saturated carbocycles. The van der Waals surface area contributed by atoms with E-state index in [1.54, 1.807) is 17.5 Å². The second-order valence-electron chi connectivity index (χ2n) is 2.49. The molecule has 0 fully saturated rings. The third-order valence-corrected chi connectivity index (χ3v) is 2.36. The van der Waals surface area contributed by atoms with Gasteiger partial charge in [0.1, 0.15) is 0 Å². The second kappa shape index (κ2) is 4.04. The van der Waals surface area contributed by atoms with Gasteiger partial charge in [-0.1, -0.05) is 6.07 Å². The quantitative estimate of drug-likeness (QED) is 0.763. The van der Waals surface area contributed by atoms with Gasteiger partial charge in [-0.15, -0.1) is 11.3 Å². The van der Waals surface area contributed by atoms with Gasteiger partial charge in [0, 0.05) is 11.8 Å². The number of thiophene rings is 1. The molecule has 13 heavy (non-hydrogen) atoms. The van der Waals surface area contributed by atoms with Crippen LogP contribution >= 0.6 is 11.3 Å². The van der Waals surface area contributed by atoms with Gasteiger partial charge in [-0.05, 0) is 11.4 Å². The smallest absolute Gasteiger partial charge is 0.331 e. The number of carbonyl (C=O) groups is 2. The molecular formula is C8H9NO3S. The van der Waals surface area contributed by atoms with Crippen LogP contribution in [0.5, 0.6) is 0 Å². The van der Waals surface area contributed by atoms with Crippen LogP contribution < -0.4 is 5.32 Å². The molecule has 1 unspecified atom stereocenters. The van der Waals surface area contributed by atoms with Crippen LogP contribution in [0.2, 0.25) is 0 Å². The Labute approximate surface area is 79.2 Å². The number of carboxylic acids is 1. The highest BCUT2D eigenvalue weighted by molar-refractivity contribution is 7.10. The fourth-order valence-corrected chi connectivity index (χ4v) is 1.68. The Bertz CT molecular complexity index is 307. The zero-order valence-corrected chi connectivity index (χ0v) is 7.80. The summed E-state index contributed by atoms with van der Waals surface area (Å²) >= 11 is 1.31. The largest absolute Gasteiger partial charge is 0.479 e. The van der Waals surface area contributed by atoms with Gasteiger partial charge in [-0.3, -0.25) is 4.79 Å². The monoisotopic (exact) mass is 199 g/mol. The normalized spacial score (nSPS) is 12.1. The van der Waals surface area contributed by atoms with Gasteiger partial charge in [0.05, 0.1) is 0 Å². The predicted molar refractivity (Wildman–Crippen MR) is 48.5 cm³/mol. The van der Waals surface area contributed by atoms with Crippen LogP contribution in [-0.2, 0) is 9.59 Å². The molecule has 0 aliphatic heterocycles. The minimum Gasteiger partial charge on any atom is -0.479 e. The molecule has 2 N–H and O–H groups in total. The average Bonchev–Trinajstić information content (AvgIpc) is 2.50. The summed E-state index contributed by atoms with van der Waals surface area (Å²) in [5.41, 5.74) is 0. The molecule has 1 aromatic rings. The number of nitrogens with one attached hydrogen (secondary N) is 1. The highest BCUT2D eigenvalue weighted by atomic mass is 32.1. The van der Waals surface area contributed by atoms with Crippen molar-refractivity contribution in [3.63, 3.8) is 0 Å². The lowest BCUT2D eigenvalue weighted by atomic mass is 10.2. The third-order valence-electron chi connectivity index (χ3n) is 1.42. The number of rotatable bonds is 3. The van der Waals surface area contributed by atoms with Crippen molar-refractivity contribution in [2.75, 3.05) is 0 Å². The van der Waals surface area contributed by atoms with E-state index in [0.29, 0.717) is 4.88 Å². The summed E-state index contributed by atoms with van der Waals surface area (Å²) in [7, 11) is 0. The van der Waals surface area contributed by atoms with E-state index in [-0.39, 0.29) is 5.91 Å². The average molecular weight is 199 g/mol. The van der Waals surface area contributed by atoms with Gasteiger partial charge in [0.25, 0.3) is 0 Å². The highest BCUT2D eigenvalue weighted by Gasteiger charge is 2.20. The van der Waals surface area contributed by atoms with E-state index in [0.717, 1.165) is 0 Å². The lowest BCUT2D eigenvalue weighted by molar-refractivity contribution is -0.141. The van der Waals surface area contributed by atoms with Crippen molar-refractivity contribution in [3.05, 3.63) is 22.4 Å². The summed E-state index contributed by atoms with van der Waals surface area (Å²) in [6, 6.07) is 2.51. The minimum absolute atomic E-state index is 0.346. The van der Waals surface area contributed by atoms with Gasteiger partial charge >= 0.3 is 5.97 Å². The molecule has 0 spiro atoms. The van der Waals surface area contributed by atoms with Crippen LogP contribution in [0, 0.1) is 0 Å². The molecule has 0 bridgehead atoms. The summed E-state index contributed by atoms with van der Waals surface area (Å²) < 4.78 is 0. The lowest BCUT2D eigenvalue weighted by Crippen LogP contribution is -2.31. The molecule has 0 aromatic carbocycles. The second-order valence-corrected chi connectivity index (χ2v) is 3.47. The first-order valence-electron chi connectivity index (χ1n) is 3.64. The van der Waals surface area contributed by atoms with E-state index in [1.807, 2.05) is 0 Å². The Morgan fingerprint density at radius 1 is 1.62 bits per heavy atom. The third kappa shape index (κ3) is 2.55. The van der Waals surface area contributed by atoms with E-state index < -0.39 is 12.0 Å². The predicted octanol–water partition coefficient (Wildman–Crippen LogP) is 1.01. The molecule has 0 radical (unpaired) electrons. The fraction of sp³-hybridized carbons (Fsp3) is 0.250. The Morgan fingerprint density at radius 3 is 2.69 bits per heavy atom. The number of amides is 1. The molecule has 1 aromatic heterocycles. The SMILES string of the molecule is CC(=O)NC(C(=O)O)c1cccs1. The van der Waals surface area contributed by atoms with Gasteiger partial charge in [0.2, 0.25) is 5.91 Å². The summed E-state index contributed by atoms with van der Waals surface area (Å²) in [4.78, 5) is 22.0. The van der Waals surface area contributed by atoms with E-state index in [9.17, 15) is 9.59 Å². The van der Waals surface area contributed by atoms with Gasteiger partial charge in [-0.2, -0.15) is 0 Å². The summed E-state index contributed by atoms with van der Waals surface area (Å²) in [6.45, 7) is 1.30. The molecule has 5 heteroatoms. The first-order valence-corrected chi connectivity index (χ1v) is 4.52. The zero-order chi connectivity index (χ0) is 9.84. The maximum atomic E-state index is 10.7. The molecule has 1 rings (SSSR count). The Morgan fingerprint density at radius 2 is 2.31 bits per heavy atom. The fourth-order valence-electron chi connectivity index (χ4n) is 0.913. The lowest BCUT2D eigenvalue weighted by Gasteiger charge is -2.10. The maximum Gasteiger partial charge on any atom is 0.331 e. The van der Waals surface area contributed by atoms with Gasteiger partial charge < -0.3 is 10.4 Å². The number of carbonyl (C=O) groups excluding carboxylic acids is 1. The molecule has 1 heterocycles. The van der Waals surface area contributed by atoms with E-state index in [4.69, 9.17) is 5.11 Å². The van der Waals surface area contributed by atoms with E-state index >= 15 is 0 Å². The summed E-state index contributed by atoms with van der Waals surface area (Å²) in [5, 5.41) is 12.9. The molecule has 1 amide bonds. The molecule has 1 atom stereocenters. The van der Waals surface area contributed by atoms with Crippen LogP contribution in [-0.4, -0.2) is 17.0 Å². The Kier molecular flexibility index (Phi) is 3.02. The summed E-state index contributed by atoms with van der Waals surface area (Å²) in [6.07, 6.45) is 0. The van der Waals surface area contributed by atoms with Crippen molar-refractivity contribution < 1.29 is 14.7 Å². The van der Waals surface area contributed by atoms with E-state index in [2.05, 4.69) is 5.32 Å². The van der Waals surface area contributed by atoms with Crippen molar-refractivity contribution in [1.29, 1.82) is 0 Å². The Hall–Kier alpha value is -1.36. The topological polar surface area (TPSA) is 66.4 Å². The zero-order valence-electron chi connectivity index (χ0n) is 6.98. The van der Waals surface area contributed by atoms with Crippen LogP contribution in [0.3, 0.4) is 0 Å². The molecule has 4 nitrogen and oxygen atoms in total. The van der Waals surface area contributed by atoms with Gasteiger partial charge in [-0.25, -0.2) is 4.79 Å². The van der Waals surface area contributed by atoms with Crippen LogP contribution in [0.1, 0.15) is 17.8 Å². The molecule has 0 aliphatic carbocycles. The highest BCUT2D eigenvalue weighted by Crippen LogP contribution is 2.18. The molecular weight excluding hydrogens is 190 g/mol. The number of hydrogen-bond acceptors (Lipinski definition) is 3. The minimum atomic E-state index is -1.04. The molecule has 70 valence electrons. The van der Waals surface area contributed by atoms with Crippen molar-refractivity contribution >= 4 is 23.2 Å². The van der Waals surface area contributed by atoms with Crippen molar-refractivity contribution in [2.24, 2.45) is 0 Å². The maximum absolute atomic E-state index is 10.7. The number of carboxylic acid groups (broad SMARTS) is 1. The number of aliphatic carboxylic acids is 1. The van der Waals surface area contributed by atoms with Crippen molar-refractivity contribution in [1.82, 2.24) is 5.32 Å². The van der Waals surface area contributed by atoms with Crippen LogP contribution in [0.15, 0.2) is 17.5 Å². The first kappa shape index (κ1) is 9.73. The van der Waals surface area contributed by atoms with Crippen LogP contribution in [0.4, 0.5) is 0 Å². The van der Waals surface area contributed by atoms with Crippen molar-refractivity contribution in [2.45, 2.75) is 13.0 Å². The van der Waals surface area contributed by atoms with Gasteiger partial charge in [0.15, 0.2) is 6.04 Å². The molecule has 0 aliphatic rings. The van der Waals surface area contributed by atoms with Crippen molar-refractivity contribution in [3.8, 4) is 0 Å². The molecule has 0 saturated heterocycles. The Balaban J connectivity index is 2.81.